The number of anilines is 1. The van der Waals surface area contributed by atoms with Gasteiger partial charge in [0.15, 0.2) is 0 Å². The van der Waals surface area contributed by atoms with Crippen LogP contribution in [0.1, 0.15) is 6.42 Å². The average molecular weight is 426 g/mol. The number of piperazine rings is 1. The lowest BCUT2D eigenvalue weighted by Gasteiger charge is -2.36. The van der Waals surface area contributed by atoms with Crippen molar-refractivity contribution in [3.63, 3.8) is 0 Å². The molecule has 0 spiro atoms. The highest BCUT2D eigenvalue weighted by Crippen LogP contribution is 2.20. The Kier molecular flexibility index (Phi) is 5.56. The molecule has 2 aromatic carbocycles. The Bertz CT molecular complexity index is 1060. The van der Waals surface area contributed by atoms with Gasteiger partial charge in [0.2, 0.25) is 15.9 Å². The van der Waals surface area contributed by atoms with Crippen LogP contribution in [-0.4, -0.2) is 55.6 Å². The second kappa shape index (κ2) is 8.29. The van der Waals surface area contributed by atoms with E-state index in [1.807, 2.05) is 18.2 Å². The van der Waals surface area contributed by atoms with Gasteiger partial charge in [-0.3, -0.25) is 15.0 Å². The number of sulfonamides is 1. The Morgan fingerprint density at radius 3 is 2.10 bits per heavy atom. The standard InChI is InChI=1S/C21H22N4O4S/c26-20-12-11-19(22-25(20)17-7-3-1-4-8-17)21(27)23-13-15-24(16-14-23)30(28,29)18-9-5-2-6-10-18/h1-11,22H,12-16H2. The molecule has 0 saturated carbocycles. The predicted molar refractivity (Wildman–Crippen MR) is 112 cm³/mol. The van der Waals surface area contributed by atoms with Crippen LogP contribution in [0.15, 0.2) is 77.3 Å². The van der Waals surface area contributed by atoms with E-state index in [0.29, 0.717) is 11.4 Å². The summed E-state index contributed by atoms with van der Waals surface area (Å²) >= 11 is 0. The summed E-state index contributed by atoms with van der Waals surface area (Å²) < 4.78 is 26.9. The Morgan fingerprint density at radius 1 is 0.867 bits per heavy atom. The third-order valence-electron chi connectivity index (χ3n) is 5.11. The van der Waals surface area contributed by atoms with E-state index in [1.54, 1.807) is 53.4 Å². The summed E-state index contributed by atoms with van der Waals surface area (Å²) in [6.07, 6.45) is 1.70. The molecule has 0 aromatic heterocycles. The summed E-state index contributed by atoms with van der Waals surface area (Å²) in [5, 5.41) is 1.36. The molecule has 1 N–H and O–H groups in total. The van der Waals surface area contributed by atoms with Crippen LogP contribution in [0, 0.1) is 0 Å². The number of nitrogens with one attached hydrogen (secondary N) is 1. The van der Waals surface area contributed by atoms with E-state index in [1.165, 1.54) is 9.31 Å². The summed E-state index contributed by atoms with van der Waals surface area (Å²) in [4.78, 5) is 27.1. The van der Waals surface area contributed by atoms with Crippen molar-refractivity contribution in [2.45, 2.75) is 11.3 Å². The number of rotatable bonds is 4. The minimum Gasteiger partial charge on any atom is -0.335 e. The predicted octanol–water partition coefficient (Wildman–Crippen LogP) is 1.34. The SMILES string of the molecule is O=C(C1=CCC(=O)N(c2ccccc2)N1)N1CCN(S(=O)(=O)c2ccccc2)CC1. The van der Waals surface area contributed by atoms with Gasteiger partial charge >= 0.3 is 0 Å². The molecule has 0 radical (unpaired) electrons. The fourth-order valence-corrected chi connectivity index (χ4v) is 4.92. The number of benzene rings is 2. The zero-order chi connectivity index (χ0) is 21.1. The number of nitrogens with zero attached hydrogens (tertiary/aromatic N) is 3. The molecule has 9 heteroatoms. The minimum atomic E-state index is -3.58. The van der Waals surface area contributed by atoms with Crippen LogP contribution in [0.2, 0.25) is 0 Å². The minimum absolute atomic E-state index is 0.116. The van der Waals surface area contributed by atoms with Crippen molar-refractivity contribution in [2.75, 3.05) is 31.2 Å². The van der Waals surface area contributed by atoms with E-state index in [2.05, 4.69) is 5.43 Å². The molecule has 0 unspecified atom stereocenters. The molecule has 2 aliphatic heterocycles. The van der Waals surface area contributed by atoms with Crippen molar-refractivity contribution in [1.82, 2.24) is 14.6 Å². The van der Waals surface area contributed by atoms with Crippen molar-refractivity contribution >= 4 is 27.5 Å². The molecule has 1 saturated heterocycles. The topological polar surface area (TPSA) is 90.0 Å². The quantitative estimate of drug-likeness (QED) is 0.797. The molecule has 4 rings (SSSR count). The third kappa shape index (κ3) is 3.94. The van der Waals surface area contributed by atoms with Gasteiger partial charge < -0.3 is 4.90 Å². The number of hydrogen-bond donors (Lipinski definition) is 1. The van der Waals surface area contributed by atoms with E-state index in [4.69, 9.17) is 0 Å². The van der Waals surface area contributed by atoms with Crippen LogP contribution in [0.5, 0.6) is 0 Å². The molecule has 2 heterocycles. The van der Waals surface area contributed by atoms with Crippen LogP contribution < -0.4 is 10.4 Å². The maximum Gasteiger partial charge on any atom is 0.271 e. The lowest BCUT2D eigenvalue weighted by atomic mass is 10.2. The van der Waals surface area contributed by atoms with E-state index in [9.17, 15) is 18.0 Å². The fraction of sp³-hybridized carbons (Fsp3) is 0.238. The number of para-hydroxylation sites is 1. The Hall–Kier alpha value is -3.17. The lowest BCUT2D eigenvalue weighted by Crippen LogP contribution is -2.54. The smallest absolute Gasteiger partial charge is 0.271 e. The van der Waals surface area contributed by atoms with Gasteiger partial charge in [0.05, 0.1) is 10.6 Å². The van der Waals surface area contributed by atoms with E-state index < -0.39 is 10.0 Å². The first-order valence-electron chi connectivity index (χ1n) is 9.66. The van der Waals surface area contributed by atoms with E-state index in [-0.39, 0.29) is 49.3 Å². The van der Waals surface area contributed by atoms with E-state index in [0.717, 1.165) is 0 Å². The Morgan fingerprint density at radius 2 is 1.47 bits per heavy atom. The molecule has 0 aliphatic carbocycles. The number of hydrazine groups is 1. The van der Waals surface area contributed by atoms with Crippen molar-refractivity contribution in [3.8, 4) is 0 Å². The van der Waals surface area contributed by atoms with Crippen LogP contribution >= 0.6 is 0 Å². The van der Waals surface area contributed by atoms with Gasteiger partial charge in [-0.15, -0.1) is 0 Å². The molecule has 2 aromatic rings. The fourth-order valence-electron chi connectivity index (χ4n) is 3.47. The molecular formula is C21H22N4O4S. The van der Waals surface area contributed by atoms with Crippen LogP contribution in [0.25, 0.3) is 0 Å². The molecule has 30 heavy (non-hydrogen) atoms. The first-order chi connectivity index (χ1) is 14.5. The molecule has 0 atom stereocenters. The maximum absolute atomic E-state index is 13.0. The lowest BCUT2D eigenvalue weighted by molar-refractivity contribution is -0.129. The zero-order valence-electron chi connectivity index (χ0n) is 16.3. The molecule has 2 amide bonds. The summed E-state index contributed by atoms with van der Waals surface area (Å²) in [6.45, 7) is 1.00. The number of amides is 2. The monoisotopic (exact) mass is 426 g/mol. The number of carbonyl (C=O) groups is 2. The Labute approximate surface area is 175 Å². The normalized spacial score (nSPS) is 18.0. The van der Waals surface area contributed by atoms with Gasteiger partial charge in [0.25, 0.3) is 5.91 Å². The van der Waals surface area contributed by atoms with Gasteiger partial charge in [0.1, 0.15) is 5.70 Å². The van der Waals surface area contributed by atoms with Gasteiger partial charge in [-0.25, -0.2) is 13.4 Å². The third-order valence-corrected chi connectivity index (χ3v) is 7.03. The highest BCUT2D eigenvalue weighted by molar-refractivity contribution is 7.89. The van der Waals surface area contributed by atoms with Crippen LogP contribution in [-0.2, 0) is 19.6 Å². The molecular weight excluding hydrogens is 404 g/mol. The summed E-state index contributed by atoms with van der Waals surface area (Å²) in [7, 11) is -3.58. The van der Waals surface area contributed by atoms with E-state index >= 15 is 0 Å². The average Bonchev–Trinajstić information content (AvgIpc) is 2.80. The zero-order valence-corrected chi connectivity index (χ0v) is 17.1. The maximum atomic E-state index is 13.0. The number of hydrogen-bond acceptors (Lipinski definition) is 5. The first kappa shape index (κ1) is 20.1. The van der Waals surface area contributed by atoms with Crippen molar-refractivity contribution in [3.05, 3.63) is 72.4 Å². The van der Waals surface area contributed by atoms with Gasteiger partial charge in [-0.2, -0.15) is 4.31 Å². The molecule has 8 nitrogen and oxygen atoms in total. The first-order valence-corrected chi connectivity index (χ1v) is 11.1. The van der Waals surface area contributed by atoms with Crippen LogP contribution in [0.3, 0.4) is 0 Å². The molecule has 156 valence electrons. The van der Waals surface area contributed by atoms with Crippen molar-refractivity contribution in [2.24, 2.45) is 0 Å². The van der Waals surface area contributed by atoms with Crippen LogP contribution in [0.4, 0.5) is 5.69 Å². The molecule has 0 bridgehead atoms. The van der Waals surface area contributed by atoms with Gasteiger partial charge in [-0.05, 0) is 30.3 Å². The summed E-state index contributed by atoms with van der Waals surface area (Å²) in [5.41, 5.74) is 3.88. The Balaban J connectivity index is 1.42. The largest absolute Gasteiger partial charge is 0.335 e. The summed E-state index contributed by atoms with van der Waals surface area (Å²) in [6, 6.07) is 17.3. The highest BCUT2D eigenvalue weighted by atomic mass is 32.2. The second-order valence-electron chi connectivity index (χ2n) is 7.01. The van der Waals surface area contributed by atoms with Crippen molar-refractivity contribution in [1.29, 1.82) is 0 Å². The molecule has 2 aliphatic rings. The van der Waals surface area contributed by atoms with Crippen molar-refractivity contribution < 1.29 is 18.0 Å². The second-order valence-corrected chi connectivity index (χ2v) is 8.95. The number of carbonyl (C=O) groups excluding carboxylic acids is 2. The van der Waals surface area contributed by atoms with Gasteiger partial charge in [-0.1, -0.05) is 36.4 Å². The summed E-state index contributed by atoms with van der Waals surface area (Å²) in [5.74, 6) is -0.406. The highest BCUT2D eigenvalue weighted by Gasteiger charge is 2.32. The van der Waals surface area contributed by atoms with Gasteiger partial charge in [0, 0.05) is 32.6 Å². The molecule has 1 fully saturated rings.